The normalized spacial score (nSPS) is 19.8. The van der Waals surface area contributed by atoms with Gasteiger partial charge in [0.25, 0.3) is 0 Å². The first-order valence-electron chi connectivity index (χ1n) is 4.72. The van der Waals surface area contributed by atoms with Crippen molar-refractivity contribution in [2.24, 2.45) is 0 Å². The average Bonchev–Trinajstić information content (AvgIpc) is 2.17. The summed E-state index contributed by atoms with van der Waals surface area (Å²) in [5.41, 5.74) is 0. The Hall–Kier alpha value is 0.554. The third-order valence-corrected chi connectivity index (χ3v) is 3.59. The van der Waals surface area contributed by atoms with Gasteiger partial charge in [-0.3, -0.25) is 0 Å². The van der Waals surface area contributed by atoms with Crippen LogP contribution in [-0.2, 0) is 24.2 Å². The number of hydrogen-bond acceptors (Lipinski definition) is 4. The zero-order valence-electron chi connectivity index (χ0n) is 8.51. The van der Waals surface area contributed by atoms with E-state index in [1.54, 1.807) is 6.92 Å². The van der Waals surface area contributed by atoms with E-state index in [4.69, 9.17) is 0 Å². The molecule has 0 aromatic heterocycles. The van der Waals surface area contributed by atoms with E-state index < -0.39 is 19.4 Å². The number of carbonyl (C=O) groups excluding carboxylic acids is 1. The molecule has 0 amide bonds. The van der Waals surface area contributed by atoms with Crippen LogP contribution in [0.25, 0.3) is 0 Å². The first-order chi connectivity index (χ1) is 6.29. The Morgan fingerprint density at radius 1 is 1.14 bits per heavy atom. The van der Waals surface area contributed by atoms with E-state index in [2.05, 4.69) is 14.0 Å². The fourth-order valence-corrected chi connectivity index (χ4v) is 2.69. The minimum Gasteiger partial charge on any atom is -0.147 e. The van der Waals surface area contributed by atoms with Gasteiger partial charge in [0.2, 0.25) is 0 Å². The molecule has 0 saturated carbocycles. The molecule has 6 heteroatoms. The van der Waals surface area contributed by atoms with Gasteiger partial charge in [-0.2, -0.15) is 0 Å². The van der Waals surface area contributed by atoms with Crippen LogP contribution in [0.5, 0.6) is 0 Å². The summed E-state index contributed by atoms with van der Waals surface area (Å²) >= 11 is -0.516. The van der Waals surface area contributed by atoms with Crippen molar-refractivity contribution < 1.29 is 24.2 Å². The Labute approximate surface area is 101 Å². The number of nitrogens with one attached hydrogen (secondary N) is 2. The first kappa shape index (κ1) is 14.6. The minimum absolute atomic E-state index is 0. The molecule has 0 aliphatic carbocycles. The molecule has 0 unspecified atom stereocenters. The summed E-state index contributed by atoms with van der Waals surface area (Å²) in [6.45, 7) is 7.86. The predicted octanol–water partition coefficient (Wildman–Crippen LogP) is -0.553. The van der Waals surface area contributed by atoms with Crippen molar-refractivity contribution >= 4 is 16.5 Å². The molecule has 82 valence electrons. The second-order valence-corrected chi connectivity index (χ2v) is 5.59. The number of halogens is 1. The van der Waals surface area contributed by atoms with Gasteiger partial charge >= 0.3 is 88.5 Å². The molecule has 1 fully saturated rings. The summed E-state index contributed by atoms with van der Waals surface area (Å²) in [7, 11) is 0. The van der Waals surface area contributed by atoms with Crippen molar-refractivity contribution in [3.63, 3.8) is 0 Å². The van der Waals surface area contributed by atoms with Crippen molar-refractivity contribution in [2.45, 2.75) is 6.92 Å². The van der Waals surface area contributed by atoms with Crippen LogP contribution < -0.4 is 10.6 Å². The molecule has 0 bridgehead atoms. The molecule has 1 saturated heterocycles. The van der Waals surface area contributed by atoms with Crippen LogP contribution in [0.4, 0.5) is 0 Å². The summed E-state index contributed by atoms with van der Waals surface area (Å²) in [5, 5.41) is 6.67. The monoisotopic (exact) mass is 255 g/mol. The molecule has 2 N–H and O–H groups in total. The maximum Gasteiger partial charge on any atom is -0.147 e. The molecule has 0 radical (unpaired) electrons. The van der Waals surface area contributed by atoms with Crippen LogP contribution >= 0.6 is 12.4 Å². The molecule has 0 atom stereocenters. The molecular weight excluding hydrogens is 237 g/mol. The van der Waals surface area contributed by atoms with E-state index >= 15 is 0 Å². The van der Waals surface area contributed by atoms with E-state index in [9.17, 15) is 4.79 Å². The zero-order chi connectivity index (χ0) is 9.52. The fraction of sp³-hybridized carbons (Fsp3) is 0.875. The number of carbonyl (C=O) groups is 1. The largest absolute Gasteiger partial charge is 0.147 e. The summed E-state index contributed by atoms with van der Waals surface area (Å²) in [6.07, 6.45) is 0. The van der Waals surface area contributed by atoms with Crippen molar-refractivity contribution in [2.75, 3.05) is 39.3 Å². The van der Waals surface area contributed by atoms with E-state index in [0.717, 1.165) is 39.3 Å². The van der Waals surface area contributed by atoms with Crippen molar-refractivity contribution in [1.82, 2.24) is 14.0 Å². The first-order valence-corrected chi connectivity index (χ1v) is 6.20. The number of nitrogens with zero attached hydrogens (tertiary/aromatic N) is 1. The average molecular weight is 256 g/mol. The van der Waals surface area contributed by atoms with Crippen molar-refractivity contribution in [3.05, 3.63) is 0 Å². The molecule has 1 heterocycles. The summed E-state index contributed by atoms with van der Waals surface area (Å²) in [5.74, 6) is 0. The van der Waals surface area contributed by atoms with Gasteiger partial charge in [0.15, 0.2) is 0 Å². The molecule has 1 aliphatic rings. The van der Waals surface area contributed by atoms with Gasteiger partial charge in [0.05, 0.1) is 0 Å². The van der Waals surface area contributed by atoms with Crippen LogP contribution in [0.1, 0.15) is 6.92 Å². The Kier molecular flexibility index (Phi) is 9.18. The third kappa shape index (κ3) is 6.93. The van der Waals surface area contributed by atoms with Crippen LogP contribution in [0.3, 0.4) is 0 Å². The van der Waals surface area contributed by atoms with Crippen LogP contribution in [0.2, 0.25) is 0 Å². The Morgan fingerprint density at radius 2 is 1.64 bits per heavy atom. The quantitative estimate of drug-likeness (QED) is 0.650. The fourth-order valence-electron chi connectivity index (χ4n) is 1.30. The Bertz CT molecular complexity index is 161. The van der Waals surface area contributed by atoms with Gasteiger partial charge in [-0.1, -0.05) is 0 Å². The third-order valence-electron chi connectivity index (χ3n) is 1.91. The van der Waals surface area contributed by atoms with Crippen LogP contribution in [0, 0.1) is 0 Å². The van der Waals surface area contributed by atoms with Gasteiger partial charge in [-0.05, 0) is 0 Å². The maximum atomic E-state index is 11.0. The van der Waals surface area contributed by atoms with Gasteiger partial charge in [-0.15, -0.1) is 12.4 Å². The van der Waals surface area contributed by atoms with Gasteiger partial charge in [0, 0.05) is 0 Å². The molecule has 4 nitrogen and oxygen atoms in total. The number of hydrogen-bond donors (Lipinski definition) is 2. The van der Waals surface area contributed by atoms with Crippen LogP contribution in [-0.4, -0.2) is 46.7 Å². The zero-order valence-corrected chi connectivity index (χ0v) is 10.9. The van der Waals surface area contributed by atoms with Gasteiger partial charge < -0.3 is 0 Å². The standard InChI is InChI=1S/C6H14N3.C2H3O.ClH.Ti/c1-2-8-5-6-9-4-3-7-1;1-2-3;;/h7-8H,1-6H2;1H3;1H;/q-1;;;+1. The van der Waals surface area contributed by atoms with Gasteiger partial charge in [-0.25, -0.2) is 0 Å². The predicted molar refractivity (Wildman–Crippen MR) is 55.2 cm³/mol. The van der Waals surface area contributed by atoms with E-state index in [-0.39, 0.29) is 12.4 Å². The van der Waals surface area contributed by atoms with E-state index in [0.29, 0.717) is 4.09 Å². The molecular formula is C8H18ClN3OTi. The van der Waals surface area contributed by atoms with Crippen molar-refractivity contribution in [1.29, 1.82) is 0 Å². The maximum absolute atomic E-state index is 11.0. The second-order valence-electron chi connectivity index (χ2n) is 3.16. The second kappa shape index (κ2) is 8.83. The number of rotatable bonds is 2. The van der Waals surface area contributed by atoms with Crippen LogP contribution in [0.15, 0.2) is 0 Å². The molecule has 0 aromatic rings. The minimum atomic E-state index is -0.516. The summed E-state index contributed by atoms with van der Waals surface area (Å²) in [6, 6.07) is 0. The van der Waals surface area contributed by atoms with E-state index in [1.165, 1.54) is 0 Å². The molecule has 14 heavy (non-hydrogen) atoms. The summed E-state index contributed by atoms with van der Waals surface area (Å²) in [4.78, 5) is 11.0. The Balaban J connectivity index is 0.00000169. The smallest absolute Gasteiger partial charge is 0.147 e. The Morgan fingerprint density at radius 3 is 2.07 bits per heavy atom. The SMILES string of the molecule is C[C](=O)[Ti][N]1CCNCCNCC1.Cl. The topological polar surface area (TPSA) is 44.4 Å². The summed E-state index contributed by atoms with van der Waals surface area (Å²) < 4.78 is 2.69. The molecule has 0 aromatic carbocycles. The van der Waals surface area contributed by atoms with E-state index in [1.807, 2.05) is 0 Å². The molecule has 1 rings (SSSR count). The molecule has 0 spiro atoms. The van der Waals surface area contributed by atoms with Crippen molar-refractivity contribution in [3.8, 4) is 0 Å². The van der Waals surface area contributed by atoms with Gasteiger partial charge in [0.1, 0.15) is 0 Å². The molecule has 1 aliphatic heterocycles.